The number of anilines is 1. The summed E-state index contributed by atoms with van der Waals surface area (Å²) in [4.78, 5) is 21.3. The Bertz CT molecular complexity index is 1420. The Hall–Kier alpha value is -4.53. The van der Waals surface area contributed by atoms with Crippen LogP contribution in [-0.2, 0) is 0 Å². The number of ether oxygens (including phenoxy) is 1. The average Bonchev–Trinajstić information content (AvgIpc) is 3.49. The summed E-state index contributed by atoms with van der Waals surface area (Å²) in [7, 11) is 0. The average molecular weight is 439 g/mol. The third-order valence-corrected chi connectivity index (χ3v) is 5.00. The van der Waals surface area contributed by atoms with Gasteiger partial charge in [-0.2, -0.15) is 10.2 Å². The van der Waals surface area contributed by atoms with E-state index in [1.165, 1.54) is 6.33 Å². The molecule has 0 fully saturated rings. The first-order valence-electron chi connectivity index (χ1n) is 10.4. The Labute approximate surface area is 189 Å². The van der Waals surface area contributed by atoms with E-state index in [0.29, 0.717) is 17.1 Å². The largest absolute Gasteiger partial charge is 0.491 e. The summed E-state index contributed by atoms with van der Waals surface area (Å²) < 4.78 is 7.37. The lowest BCUT2D eigenvalue weighted by Gasteiger charge is -2.10. The van der Waals surface area contributed by atoms with Crippen LogP contribution in [0.1, 0.15) is 24.2 Å². The van der Waals surface area contributed by atoms with Gasteiger partial charge in [-0.3, -0.25) is 9.89 Å². The van der Waals surface area contributed by atoms with E-state index in [1.54, 1.807) is 41.5 Å². The third-order valence-electron chi connectivity index (χ3n) is 5.00. The first-order chi connectivity index (χ1) is 16.1. The van der Waals surface area contributed by atoms with E-state index >= 15 is 0 Å². The maximum absolute atomic E-state index is 13.0. The topological polar surface area (TPSA) is 111 Å². The van der Waals surface area contributed by atoms with E-state index in [2.05, 4.69) is 30.6 Å². The Morgan fingerprint density at radius 2 is 2.00 bits per heavy atom. The number of nitrogens with one attached hydrogen (secondary N) is 2. The standard InChI is InChI=1S/C24H21N7O2/c1-15(2)33-17-7-8-20-19(12-17)23(30-29-20)16-9-10-26-22(11-16)28-24(32)18-5-3-4-6-21(18)31-14-25-13-27-31/h3-15H,1-2H3,(H,29,30)(H,26,28,32). The van der Waals surface area contributed by atoms with Gasteiger partial charge in [-0.05, 0) is 56.3 Å². The second-order valence-corrected chi connectivity index (χ2v) is 7.69. The van der Waals surface area contributed by atoms with E-state index in [-0.39, 0.29) is 12.0 Å². The van der Waals surface area contributed by atoms with Crippen LogP contribution < -0.4 is 10.1 Å². The zero-order valence-corrected chi connectivity index (χ0v) is 18.1. The van der Waals surface area contributed by atoms with E-state index < -0.39 is 0 Å². The second kappa shape index (κ2) is 8.54. The van der Waals surface area contributed by atoms with Crippen LogP contribution in [0.4, 0.5) is 5.82 Å². The van der Waals surface area contributed by atoms with Gasteiger partial charge in [-0.15, -0.1) is 0 Å². The molecule has 2 N–H and O–H groups in total. The molecule has 5 rings (SSSR count). The quantitative estimate of drug-likeness (QED) is 0.409. The molecular formula is C24H21N7O2. The number of rotatable bonds is 6. The molecule has 0 aliphatic rings. The van der Waals surface area contributed by atoms with Gasteiger partial charge in [-0.25, -0.2) is 14.6 Å². The van der Waals surface area contributed by atoms with Gasteiger partial charge in [-0.1, -0.05) is 12.1 Å². The van der Waals surface area contributed by atoms with Crippen LogP contribution in [0, 0.1) is 0 Å². The van der Waals surface area contributed by atoms with Crippen LogP contribution in [0.15, 0.2) is 73.4 Å². The van der Waals surface area contributed by atoms with Crippen molar-refractivity contribution in [2.45, 2.75) is 20.0 Å². The molecule has 2 aromatic carbocycles. The van der Waals surface area contributed by atoms with Gasteiger partial charge in [0.1, 0.15) is 29.9 Å². The second-order valence-electron chi connectivity index (χ2n) is 7.69. The summed E-state index contributed by atoms with van der Waals surface area (Å²) in [6, 6.07) is 16.6. The van der Waals surface area contributed by atoms with Gasteiger partial charge < -0.3 is 10.1 Å². The Morgan fingerprint density at radius 1 is 1.12 bits per heavy atom. The van der Waals surface area contributed by atoms with E-state index in [1.807, 2.05) is 44.2 Å². The highest BCUT2D eigenvalue weighted by Gasteiger charge is 2.15. The number of nitrogens with zero attached hydrogens (tertiary/aromatic N) is 5. The molecule has 0 aliphatic carbocycles. The van der Waals surface area contributed by atoms with Crippen LogP contribution in [0.2, 0.25) is 0 Å². The Morgan fingerprint density at radius 3 is 2.82 bits per heavy atom. The van der Waals surface area contributed by atoms with Crippen molar-refractivity contribution >= 4 is 22.6 Å². The predicted molar refractivity (Wildman–Crippen MR) is 124 cm³/mol. The fourth-order valence-corrected chi connectivity index (χ4v) is 3.59. The maximum Gasteiger partial charge on any atom is 0.259 e. The third kappa shape index (κ3) is 4.16. The van der Waals surface area contributed by atoms with E-state index in [0.717, 1.165) is 27.9 Å². The number of aromatic nitrogens is 6. The zero-order valence-electron chi connectivity index (χ0n) is 18.1. The minimum absolute atomic E-state index is 0.0703. The van der Waals surface area contributed by atoms with Crippen molar-refractivity contribution in [2.24, 2.45) is 0 Å². The van der Waals surface area contributed by atoms with Crippen molar-refractivity contribution in [3.05, 3.63) is 79.0 Å². The molecule has 3 heterocycles. The van der Waals surface area contributed by atoms with Gasteiger partial charge in [0.05, 0.1) is 22.9 Å². The molecule has 33 heavy (non-hydrogen) atoms. The number of pyridine rings is 1. The molecule has 0 aliphatic heterocycles. The molecule has 0 saturated carbocycles. The zero-order chi connectivity index (χ0) is 22.8. The molecule has 164 valence electrons. The fraction of sp³-hybridized carbons (Fsp3) is 0.125. The fourth-order valence-electron chi connectivity index (χ4n) is 3.59. The molecular weight excluding hydrogens is 418 g/mol. The van der Waals surface area contributed by atoms with E-state index in [4.69, 9.17) is 4.74 Å². The summed E-state index contributed by atoms with van der Waals surface area (Å²) in [5, 5.41) is 15.4. The smallest absolute Gasteiger partial charge is 0.259 e. The van der Waals surface area contributed by atoms with Crippen LogP contribution in [0.3, 0.4) is 0 Å². The Kier molecular flexibility index (Phi) is 5.27. The summed E-state index contributed by atoms with van der Waals surface area (Å²) in [6.07, 6.45) is 4.68. The Balaban J connectivity index is 1.45. The lowest BCUT2D eigenvalue weighted by molar-refractivity contribution is 0.102. The highest BCUT2D eigenvalue weighted by molar-refractivity contribution is 6.06. The number of aromatic amines is 1. The van der Waals surface area contributed by atoms with Crippen molar-refractivity contribution in [2.75, 3.05) is 5.32 Å². The summed E-state index contributed by atoms with van der Waals surface area (Å²) >= 11 is 0. The molecule has 0 radical (unpaired) electrons. The van der Waals surface area contributed by atoms with Gasteiger partial charge in [0, 0.05) is 17.1 Å². The molecule has 0 spiro atoms. The number of amides is 1. The predicted octanol–water partition coefficient (Wildman–Crippen LogP) is 4.25. The van der Waals surface area contributed by atoms with Gasteiger partial charge in [0.25, 0.3) is 5.91 Å². The van der Waals surface area contributed by atoms with Gasteiger partial charge in [0.2, 0.25) is 0 Å². The number of hydrogen-bond donors (Lipinski definition) is 2. The van der Waals surface area contributed by atoms with Gasteiger partial charge in [0.15, 0.2) is 0 Å². The van der Waals surface area contributed by atoms with E-state index in [9.17, 15) is 4.79 Å². The molecule has 0 atom stereocenters. The number of hydrogen-bond acceptors (Lipinski definition) is 6. The molecule has 9 nitrogen and oxygen atoms in total. The number of benzene rings is 2. The molecule has 3 aromatic heterocycles. The van der Waals surface area contributed by atoms with Crippen LogP contribution in [0.25, 0.3) is 27.8 Å². The molecule has 0 bridgehead atoms. The molecule has 0 saturated heterocycles. The van der Waals surface area contributed by atoms with Crippen molar-refractivity contribution in [3.8, 4) is 22.7 Å². The highest BCUT2D eigenvalue weighted by Crippen LogP contribution is 2.30. The van der Waals surface area contributed by atoms with Crippen LogP contribution >= 0.6 is 0 Å². The monoisotopic (exact) mass is 439 g/mol. The minimum Gasteiger partial charge on any atom is -0.491 e. The maximum atomic E-state index is 13.0. The first kappa shape index (κ1) is 20.4. The highest BCUT2D eigenvalue weighted by atomic mass is 16.5. The van der Waals surface area contributed by atoms with Crippen molar-refractivity contribution in [3.63, 3.8) is 0 Å². The molecule has 5 aromatic rings. The summed E-state index contributed by atoms with van der Waals surface area (Å²) in [5.41, 5.74) is 3.54. The molecule has 0 unspecified atom stereocenters. The minimum atomic E-state index is -0.301. The SMILES string of the molecule is CC(C)Oc1ccc2[nH]nc(-c3ccnc(NC(=O)c4ccccc4-n4cncn4)c3)c2c1. The van der Waals surface area contributed by atoms with Crippen LogP contribution in [-0.4, -0.2) is 42.0 Å². The van der Waals surface area contributed by atoms with Crippen molar-refractivity contribution in [1.82, 2.24) is 29.9 Å². The van der Waals surface area contributed by atoms with Gasteiger partial charge >= 0.3 is 0 Å². The molecule has 1 amide bonds. The van der Waals surface area contributed by atoms with Crippen molar-refractivity contribution < 1.29 is 9.53 Å². The lowest BCUT2D eigenvalue weighted by atomic mass is 10.1. The molecule has 9 heteroatoms. The van der Waals surface area contributed by atoms with Crippen molar-refractivity contribution in [1.29, 1.82) is 0 Å². The first-order valence-corrected chi connectivity index (χ1v) is 10.4. The number of carbonyl (C=O) groups is 1. The number of carbonyl (C=O) groups excluding carboxylic acids is 1. The normalized spacial score (nSPS) is 11.1. The summed E-state index contributed by atoms with van der Waals surface area (Å²) in [6.45, 7) is 3.97. The summed E-state index contributed by atoms with van der Waals surface area (Å²) in [5.74, 6) is 0.884. The number of para-hydroxylation sites is 1. The number of fused-ring (bicyclic) bond motifs is 1. The lowest BCUT2D eigenvalue weighted by Crippen LogP contribution is -2.16. The number of H-pyrrole nitrogens is 1. The van der Waals surface area contributed by atoms with Crippen LogP contribution in [0.5, 0.6) is 5.75 Å².